The van der Waals surface area contributed by atoms with Crippen LogP contribution in [0.15, 0.2) is 30.3 Å². The molecule has 2 fully saturated rings. The number of hydrogen-bond donors (Lipinski definition) is 1. The van der Waals surface area contributed by atoms with Crippen LogP contribution < -0.4 is 5.32 Å². The molecule has 0 bridgehead atoms. The van der Waals surface area contributed by atoms with Gasteiger partial charge < -0.3 is 5.32 Å². The molecule has 2 aliphatic rings. The summed E-state index contributed by atoms with van der Waals surface area (Å²) in [5.41, 5.74) is 5.08. The van der Waals surface area contributed by atoms with Crippen molar-refractivity contribution in [2.24, 2.45) is 0 Å². The van der Waals surface area contributed by atoms with Crippen molar-refractivity contribution in [1.29, 1.82) is 0 Å². The van der Waals surface area contributed by atoms with Crippen LogP contribution in [-0.2, 0) is 0 Å². The van der Waals surface area contributed by atoms with Crippen LogP contribution in [0, 0.1) is 0 Å². The molecule has 0 radical (unpaired) electrons. The number of anilines is 1. The van der Waals surface area contributed by atoms with Crippen molar-refractivity contribution >= 4 is 5.69 Å². The molecular weight excluding hydrogens is 246 g/mol. The first-order valence-electron chi connectivity index (χ1n) is 7.73. The number of rotatable bonds is 4. The van der Waals surface area contributed by atoms with Gasteiger partial charge in [0.05, 0.1) is 11.4 Å². The maximum Gasteiger partial charge on any atom is 0.0662 e. The highest BCUT2D eigenvalue weighted by atomic mass is 15.3. The van der Waals surface area contributed by atoms with Gasteiger partial charge in [-0.1, -0.05) is 6.42 Å². The third-order valence-electron chi connectivity index (χ3n) is 4.68. The molecule has 0 amide bonds. The molecule has 0 atom stereocenters. The Labute approximate surface area is 120 Å². The Kier molecular flexibility index (Phi) is 2.79. The van der Waals surface area contributed by atoms with Crippen LogP contribution >= 0.6 is 0 Å². The summed E-state index contributed by atoms with van der Waals surface area (Å²) in [7, 11) is 1.95. The minimum atomic E-state index is 0.721. The summed E-state index contributed by atoms with van der Waals surface area (Å²) < 4.78 is 2.19. The summed E-state index contributed by atoms with van der Waals surface area (Å²) in [6, 6.07) is 10.9. The summed E-state index contributed by atoms with van der Waals surface area (Å²) >= 11 is 0. The van der Waals surface area contributed by atoms with Gasteiger partial charge in [-0.3, -0.25) is 0 Å². The molecule has 2 aliphatic carbocycles. The van der Waals surface area contributed by atoms with Gasteiger partial charge in [-0.05, 0) is 56.0 Å². The minimum absolute atomic E-state index is 0.721. The smallest absolute Gasteiger partial charge is 0.0662 e. The van der Waals surface area contributed by atoms with E-state index in [1.165, 1.54) is 49.2 Å². The van der Waals surface area contributed by atoms with Gasteiger partial charge in [0.15, 0.2) is 0 Å². The molecule has 4 rings (SSSR count). The fourth-order valence-electron chi connectivity index (χ4n) is 2.96. The Bertz CT molecular complexity index is 604. The molecule has 2 aromatic rings. The van der Waals surface area contributed by atoms with Crippen LogP contribution in [0.25, 0.3) is 5.69 Å². The van der Waals surface area contributed by atoms with Crippen molar-refractivity contribution in [1.82, 2.24) is 9.78 Å². The van der Waals surface area contributed by atoms with Gasteiger partial charge in [0.2, 0.25) is 0 Å². The maximum atomic E-state index is 4.90. The highest BCUT2D eigenvalue weighted by Gasteiger charge is 2.30. The lowest BCUT2D eigenvalue weighted by Gasteiger charge is -2.26. The summed E-state index contributed by atoms with van der Waals surface area (Å²) in [4.78, 5) is 0. The predicted octanol–water partition coefficient (Wildman–Crippen LogP) is 4.06. The quantitative estimate of drug-likeness (QED) is 0.905. The van der Waals surface area contributed by atoms with Crippen LogP contribution in [-0.4, -0.2) is 16.8 Å². The first kappa shape index (κ1) is 12.0. The van der Waals surface area contributed by atoms with Crippen molar-refractivity contribution in [3.8, 4) is 5.69 Å². The summed E-state index contributed by atoms with van der Waals surface area (Å²) in [5.74, 6) is 1.45. The number of benzene rings is 1. The Hall–Kier alpha value is -1.77. The second kappa shape index (κ2) is 4.65. The Morgan fingerprint density at radius 2 is 1.80 bits per heavy atom. The average Bonchev–Trinajstić information content (AvgIpc) is 3.19. The van der Waals surface area contributed by atoms with E-state index in [2.05, 4.69) is 40.3 Å². The molecule has 3 nitrogen and oxygen atoms in total. The number of nitrogens with zero attached hydrogens (tertiary/aromatic N) is 2. The molecule has 0 aliphatic heterocycles. The topological polar surface area (TPSA) is 29.9 Å². The van der Waals surface area contributed by atoms with E-state index in [4.69, 9.17) is 5.10 Å². The van der Waals surface area contributed by atoms with Crippen molar-refractivity contribution in [2.75, 3.05) is 12.4 Å². The van der Waals surface area contributed by atoms with Crippen molar-refractivity contribution in [3.05, 3.63) is 41.7 Å². The molecule has 0 spiro atoms. The van der Waals surface area contributed by atoms with E-state index in [9.17, 15) is 0 Å². The van der Waals surface area contributed by atoms with Crippen molar-refractivity contribution < 1.29 is 0 Å². The van der Waals surface area contributed by atoms with E-state index in [-0.39, 0.29) is 0 Å². The van der Waals surface area contributed by atoms with Gasteiger partial charge in [-0.25, -0.2) is 4.68 Å². The molecule has 20 heavy (non-hydrogen) atoms. The highest BCUT2D eigenvalue weighted by Crippen LogP contribution is 2.43. The Balaban J connectivity index is 1.73. The zero-order valence-electron chi connectivity index (χ0n) is 12.0. The molecule has 2 saturated carbocycles. The molecule has 3 heteroatoms. The lowest BCUT2D eigenvalue weighted by atomic mass is 9.82. The molecular formula is C17H21N3. The largest absolute Gasteiger partial charge is 0.388 e. The summed E-state index contributed by atoms with van der Waals surface area (Å²) in [5, 5.41) is 8.07. The first-order valence-corrected chi connectivity index (χ1v) is 7.73. The third-order valence-corrected chi connectivity index (χ3v) is 4.68. The summed E-state index contributed by atoms with van der Waals surface area (Å²) in [6.45, 7) is 0. The van der Waals surface area contributed by atoms with Crippen LogP contribution in [0.1, 0.15) is 55.3 Å². The maximum absolute atomic E-state index is 4.90. The highest BCUT2D eigenvalue weighted by molar-refractivity contribution is 5.48. The minimum Gasteiger partial charge on any atom is -0.388 e. The van der Waals surface area contributed by atoms with E-state index in [1.54, 1.807) is 0 Å². The second-order valence-corrected chi connectivity index (χ2v) is 6.10. The van der Waals surface area contributed by atoms with Crippen LogP contribution in [0.5, 0.6) is 0 Å². The average molecular weight is 267 g/mol. The van der Waals surface area contributed by atoms with Crippen LogP contribution in [0.3, 0.4) is 0 Å². The Morgan fingerprint density at radius 1 is 1.05 bits per heavy atom. The van der Waals surface area contributed by atoms with Crippen molar-refractivity contribution in [2.45, 2.75) is 43.9 Å². The molecule has 0 saturated heterocycles. The van der Waals surface area contributed by atoms with E-state index in [0.29, 0.717) is 0 Å². The molecule has 0 unspecified atom stereocenters. The number of hydrogen-bond acceptors (Lipinski definition) is 2. The lowest BCUT2D eigenvalue weighted by molar-refractivity contribution is 0.403. The van der Waals surface area contributed by atoms with E-state index in [1.807, 2.05) is 7.05 Å². The fraction of sp³-hybridized carbons (Fsp3) is 0.471. The van der Waals surface area contributed by atoms with E-state index >= 15 is 0 Å². The monoisotopic (exact) mass is 267 g/mol. The fourth-order valence-corrected chi connectivity index (χ4v) is 2.96. The first-order chi connectivity index (χ1) is 9.85. The van der Waals surface area contributed by atoms with Crippen LogP contribution in [0.4, 0.5) is 5.69 Å². The molecule has 1 aromatic carbocycles. The van der Waals surface area contributed by atoms with E-state index in [0.717, 1.165) is 17.5 Å². The number of aromatic nitrogens is 2. The Morgan fingerprint density at radius 3 is 2.35 bits per heavy atom. The van der Waals surface area contributed by atoms with E-state index < -0.39 is 0 Å². The van der Waals surface area contributed by atoms with Gasteiger partial charge in [-0.2, -0.15) is 5.10 Å². The zero-order chi connectivity index (χ0) is 13.5. The molecule has 1 heterocycles. The van der Waals surface area contributed by atoms with Crippen LogP contribution in [0.2, 0.25) is 0 Å². The standard InChI is InChI=1S/C17H21N3/c1-18-14-7-9-15(10-8-14)20-17(13-3-2-4-13)11-16(19-20)12-5-6-12/h7-13,18H,2-6H2,1H3. The molecule has 104 valence electrons. The van der Waals surface area contributed by atoms with Crippen molar-refractivity contribution in [3.63, 3.8) is 0 Å². The molecule has 1 aromatic heterocycles. The normalized spacial score (nSPS) is 18.9. The predicted molar refractivity (Wildman–Crippen MR) is 81.7 cm³/mol. The summed E-state index contributed by atoms with van der Waals surface area (Å²) in [6.07, 6.45) is 6.65. The SMILES string of the molecule is CNc1ccc(-n2nc(C3CC3)cc2C2CCC2)cc1. The third kappa shape index (κ3) is 2.01. The second-order valence-electron chi connectivity index (χ2n) is 6.10. The van der Waals surface area contributed by atoms with Gasteiger partial charge in [-0.15, -0.1) is 0 Å². The van der Waals surface area contributed by atoms with Gasteiger partial charge in [0.1, 0.15) is 0 Å². The lowest BCUT2D eigenvalue weighted by Crippen LogP contribution is -2.14. The zero-order valence-corrected chi connectivity index (χ0v) is 12.0. The van der Waals surface area contributed by atoms with Gasteiger partial charge in [0.25, 0.3) is 0 Å². The molecule has 1 N–H and O–H groups in total. The number of nitrogens with one attached hydrogen (secondary N) is 1. The van der Waals surface area contributed by atoms with Gasteiger partial charge >= 0.3 is 0 Å². The van der Waals surface area contributed by atoms with Gasteiger partial charge in [0, 0.05) is 30.3 Å².